The molecule has 10 nitrogen and oxygen atoms in total. The van der Waals surface area contributed by atoms with E-state index in [1.165, 1.54) is 12.1 Å². The van der Waals surface area contributed by atoms with Crippen LogP contribution >= 0.6 is 0 Å². The smallest absolute Gasteiger partial charge is 0.270 e. The molecule has 0 saturated carbocycles. The molecular weight excluding hydrogens is 374 g/mol. The van der Waals surface area contributed by atoms with Gasteiger partial charge in [-0.05, 0) is 19.9 Å². The van der Waals surface area contributed by atoms with Gasteiger partial charge >= 0.3 is 0 Å². The maximum atomic E-state index is 12.1. The summed E-state index contributed by atoms with van der Waals surface area (Å²) in [4.78, 5) is 18.7. The van der Waals surface area contributed by atoms with Crippen LogP contribution in [0.5, 0.6) is 0 Å². The normalized spacial score (nSPS) is 17.1. The monoisotopic (exact) mass is 395 g/mol. The maximum absolute atomic E-state index is 12.1. The average molecular weight is 395 g/mol. The molecule has 0 N–H and O–H groups in total. The van der Waals surface area contributed by atoms with Crippen LogP contribution in [0.25, 0.3) is 0 Å². The second kappa shape index (κ2) is 7.24. The van der Waals surface area contributed by atoms with Crippen molar-refractivity contribution < 1.29 is 17.9 Å². The van der Waals surface area contributed by atoms with Crippen molar-refractivity contribution in [2.75, 3.05) is 37.3 Å². The lowest BCUT2D eigenvalue weighted by molar-refractivity contribution is -0.385. The van der Waals surface area contributed by atoms with Crippen molar-refractivity contribution in [3.8, 4) is 0 Å². The van der Waals surface area contributed by atoms with Gasteiger partial charge in [0, 0.05) is 44.6 Å². The molecule has 1 unspecified atom stereocenters. The highest BCUT2D eigenvalue weighted by Gasteiger charge is 2.28. The van der Waals surface area contributed by atoms with Gasteiger partial charge in [-0.15, -0.1) is 0 Å². The Morgan fingerprint density at radius 1 is 1.26 bits per heavy atom. The molecule has 2 heterocycles. The summed E-state index contributed by atoms with van der Waals surface area (Å²) in [7, 11) is -3.60. The lowest BCUT2D eigenvalue weighted by Gasteiger charge is -2.38. The Labute approximate surface area is 156 Å². The lowest BCUT2D eigenvalue weighted by Crippen LogP contribution is -2.47. The summed E-state index contributed by atoms with van der Waals surface area (Å²) in [5, 5.41) is 14.8. The molecule has 0 radical (unpaired) electrons. The third kappa shape index (κ3) is 4.08. The molecule has 0 amide bonds. The minimum atomic E-state index is -3.60. The van der Waals surface area contributed by atoms with Crippen LogP contribution in [0.3, 0.4) is 0 Å². The van der Waals surface area contributed by atoms with E-state index in [0.29, 0.717) is 43.6 Å². The predicted octanol–water partition coefficient (Wildman–Crippen LogP) is 1.57. The molecule has 1 aromatic heterocycles. The number of hydrogen-bond acceptors (Lipinski definition) is 9. The van der Waals surface area contributed by atoms with Crippen molar-refractivity contribution in [3.63, 3.8) is 0 Å². The van der Waals surface area contributed by atoms with Crippen molar-refractivity contribution in [2.24, 2.45) is 0 Å². The number of piperazine rings is 1. The first kappa shape index (κ1) is 19.2. The molecule has 1 fully saturated rings. The number of nitro benzene ring substituents is 1. The highest BCUT2D eigenvalue weighted by atomic mass is 32.2. The van der Waals surface area contributed by atoms with E-state index in [-0.39, 0.29) is 16.6 Å². The molecular formula is C16H21N5O5S. The van der Waals surface area contributed by atoms with Gasteiger partial charge in [0.1, 0.15) is 0 Å². The zero-order valence-electron chi connectivity index (χ0n) is 15.3. The number of nitro groups is 1. The molecule has 0 bridgehead atoms. The number of benzene rings is 1. The highest BCUT2D eigenvalue weighted by Crippen LogP contribution is 2.31. The number of non-ortho nitro benzene ring substituents is 1. The SMILES string of the molecule is Cc1noc(C(C)N2CCN(c3ccc([N+](=O)[O-])cc3S(C)(=O)=O)CC2)n1. The first-order valence-electron chi connectivity index (χ1n) is 8.44. The van der Waals surface area contributed by atoms with E-state index in [4.69, 9.17) is 4.52 Å². The largest absolute Gasteiger partial charge is 0.368 e. The van der Waals surface area contributed by atoms with Crippen LogP contribution in [-0.4, -0.2) is 60.8 Å². The molecule has 1 saturated heterocycles. The van der Waals surface area contributed by atoms with E-state index in [1.54, 1.807) is 6.92 Å². The van der Waals surface area contributed by atoms with Gasteiger partial charge in [0.2, 0.25) is 5.89 Å². The standard InChI is InChI=1S/C16H21N5O5S/c1-11(16-17-12(2)18-26-16)19-6-8-20(9-7-19)14-5-4-13(21(22)23)10-15(14)27(3,24)25/h4-5,10-11H,6-9H2,1-3H3. The van der Waals surface area contributed by atoms with Crippen molar-refractivity contribution >= 4 is 21.2 Å². The molecule has 0 aliphatic carbocycles. The first-order chi connectivity index (χ1) is 12.7. The van der Waals surface area contributed by atoms with E-state index in [1.807, 2.05) is 11.8 Å². The molecule has 3 rings (SSSR count). The number of aryl methyl sites for hydroxylation is 1. The topological polar surface area (TPSA) is 123 Å². The van der Waals surface area contributed by atoms with Crippen LogP contribution in [0, 0.1) is 17.0 Å². The fourth-order valence-corrected chi connectivity index (χ4v) is 4.08. The van der Waals surface area contributed by atoms with Gasteiger partial charge in [-0.3, -0.25) is 15.0 Å². The highest BCUT2D eigenvalue weighted by molar-refractivity contribution is 7.90. The first-order valence-corrected chi connectivity index (χ1v) is 10.3. The summed E-state index contributed by atoms with van der Waals surface area (Å²) in [6.45, 7) is 6.25. The quantitative estimate of drug-likeness (QED) is 0.548. The van der Waals surface area contributed by atoms with Gasteiger partial charge in [-0.1, -0.05) is 5.16 Å². The third-order valence-corrected chi connectivity index (χ3v) is 5.78. The Balaban J connectivity index is 1.79. The van der Waals surface area contributed by atoms with Crippen LogP contribution in [0.4, 0.5) is 11.4 Å². The van der Waals surface area contributed by atoms with Gasteiger partial charge < -0.3 is 9.42 Å². The van der Waals surface area contributed by atoms with Gasteiger partial charge in [0.25, 0.3) is 5.69 Å². The van der Waals surface area contributed by atoms with E-state index >= 15 is 0 Å². The molecule has 1 aliphatic heterocycles. The molecule has 146 valence electrons. The minimum absolute atomic E-state index is 0.0225. The van der Waals surface area contributed by atoms with Gasteiger partial charge in [-0.25, -0.2) is 8.42 Å². The predicted molar refractivity (Wildman–Crippen MR) is 97.4 cm³/mol. The molecule has 27 heavy (non-hydrogen) atoms. The van der Waals surface area contributed by atoms with Crippen LogP contribution < -0.4 is 4.90 Å². The number of anilines is 1. The van der Waals surface area contributed by atoms with Crippen LogP contribution in [-0.2, 0) is 9.84 Å². The van der Waals surface area contributed by atoms with Crippen molar-refractivity contribution in [3.05, 3.63) is 40.0 Å². The summed E-state index contributed by atoms with van der Waals surface area (Å²) >= 11 is 0. The Kier molecular flexibility index (Phi) is 5.16. The fraction of sp³-hybridized carbons (Fsp3) is 0.500. The molecule has 11 heteroatoms. The van der Waals surface area contributed by atoms with Gasteiger partial charge in [-0.2, -0.15) is 4.98 Å². The average Bonchev–Trinajstić information content (AvgIpc) is 3.06. The Morgan fingerprint density at radius 3 is 2.44 bits per heavy atom. The van der Waals surface area contributed by atoms with Crippen molar-refractivity contribution in [1.29, 1.82) is 0 Å². The maximum Gasteiger partial charge on any atom is 0.270 e. The van der Waals surface area contributed by atoms with Gasteiger partial charge in [0.15, 0.2) is 15.7 Å². The van der Waals surface area contributed by atoms with Crippen LogP contribution in [0.1, 0.15) is 24.7 Å². The zero-order valence-corrected chi connectivity index (χ0v) is 16.1. The fourth-order valence-electron chi connectivity index (χ4n) is 3.16. The van der Waals surface area contributed by atoms with E-state index in [0.717, 1.165) is 12.3 Å². The third-order valence-electron chi connectivity index (χ3n) is 4.66. The van der Waals surface area contributed by atoms with E-state index < -0.39 is 14.8 Å². The van der Waals surface area contributed by atoms with E-state index in [9.17, 15) is 18.5 Å². The lowest BCUT2D eigenvalue weighted by atomic mass is 10.2. The van der Waals surface area contributed by atoms with Crippen LogP contribution in [0.15, 0.2) is 27.6 Å². The second-order valence-corrected chi connectivity index (χ2v) is 8.54. The minimum Gasteiger partial charge on any atom is -0.368 e. The molecule has 2 aromatic rings. The van der Waals surface area contributed by atoms with Crippen molar-refractivity contribution in [2.45, 2.75) is 24.8 Å². The van der Waals surface area contributed by atoms with Crippen molar-refractivity contribution in [1.82, 2.24) is 15.0 Å². The molecule has 0 spiro atoms. The molecule has 1 aliphatic rings. The molecule has 1 atom stereocenters. The Bertz CT molecular complexity index is 950. The van der Waals surface area contributed by atoms with E-state index in [2.05, 4.69) is 15.0 Å². The summed E-state index contributed by atoms with van der Waals surface area (Å²) in [6, 6.07) is 3.93. The second-order valence-electron chi connectivity index (χ2n) is 6.56. The summed E-state index contributed by atoms with van der Waals surface area (Å²) in [5.74, 6) is 1.13. The van der Waals surface area contributed by atoms with Crippen LogP contribution in [0.2, 0.25) is 0 Å². The number of sulfone groups is 1. The van der Waals surface area contributed by atoms with Gasteiger partial charge in [0.05, 0.1) is 21.5 Å². The number of nitrogens with zero attached hydrogens (tertiary/aromatic N) is 5. The summed E-state index contributed by atoms with van der Waals surface area (Å²) in [6.07, 6.45) is 1.06. The number of aromatic nitrogens is 2. The Morgan fingerprint density at radius 2 is 1.93 bits per heavy atom. The summed E-state index contributed by atoms with van der Waals surface area (Å²) in [5.41, 5.74) is 0.252. The Hall–Kier alpha value is -2.53. The number of hydrogen-bond donors (Lipinski definition) is 0. The zero-order chi connectivity index (χ0) is 19.8. The summed E-state index contributed by atoms with van der Waals surface area (Å²) < 4.78 is 29.5. The molecule has 1 aromatic carbocycles. The number of rotatable bonds is 5.